The van der Waals surface area contributed by atoms with Crippen LogP contribution in [-0.2, 0) is 6.54 Å². The molecule has 0 aromatic heterocycles. The number of benzene rings is 1. The van der Waals surface area contributed by atoms with Gasteiger partial charge in [0.15, 0.2) is 0 Å². The Balaban J connectivity index is 2.84. The van der Waals surface area contributed by atoms with Gasteiger partial charge in [0.25, 0.3) is 0 Å². The van der Waals surface area contributed by atoms with Crippen molar-refractivity contribution in [2.24, 2.45) is 5.73 Å². The van der Waals surface area contributed by atoms with Crippen molar-refractivity contribution in [1.29, 1.82) is 0 Å². The second-order valence-corrected chi connectivity index (χ2v) is 3.96. The summed E-state index contributed by atoms with van der Waals surface area (Å²) < 4.78 is 0. The fraction of sp³-hybridized carbons (Fsp3) is 0.538. The third kappa shape index (κ3) is 2.96. The Bertz CT molecular complexity index is 292. The minimum Gasteiger partial charge on any atom is -0.372 e. The minimum absolute atomic E-state index is 0.616. The molecule has 0 atom stereocenters. The molecule has 0 fully saturated rings. The van der Waals surface area contributed by atoms with E-state index in [1.54, 1.807) is 0 Å². The van der Waals surface area contributed by atoms with Crippen molar-refractivity contribution in [2.45, 2.75) is 39.3 Å². The van der Waals surface area contributed by atoms with Crippen LogP contribution in [-0.4, -0.2) is 13.1 Å². The molecule has 0 aliphatic carbocycles. The Labute approximate surface area is 93.1 Å². The first-order valence-corrected chi connectivity index (χ1v) is 5.74. The van der Waals surface area contributed by atoms with E-state index in [-0.39, 0.29) is 0 Å². The molecule has 1 aromatic carbocycles. The molecular weight excluding hydrogens is 184 g/mol. The van der Waals surface area contributed by atoms with Crippen molar-refractivity contribution in [3.05, 3.63) is 29.8 Å². The van der Waals surface area contributed by atoms with Gasteiger partial charge >= 0.3 is 0 Å². The fourth-order valence-electron chi connectivity index (χ4n) is 1.95. The summed E-state index contributed by atoms with van der Waals surface area (Å²) in [6.45, 7) is 5.08. The number of hydrogen-bond acceptors (Lipinski definition) is 2. The molecule has 2 N–H and O–H groups in total. The Morgan fingerprint density at radius 1 is 1.27 bits per heavy atom. The quantitative estimate of drug-likeness (QED) is 0.802. The number of rotatable bonds is 5. The van der Waals surface area contributed by atoms with E-state index >= 15 is 0 Å². The first-order valence-electron chi connectivity index (χ1n) is 5.74. The lowest BCUT2D eigenvalue weighted by atomic mass is 10.1. The van der Waals surface area contributed by atoms with Crippen LogP contribution in [0.5, 0.6) is 0 Å². The van der Waals surface area contributed by atoms with E-state index < -0.39 is 0 Å². The second-order valence-electron chi connectivity index (χ2n) is 3.96. The van der Waals surface area contributed by atoms with Gasteiger partial charge in [-0.15, -0.1) is 0 Å². The molecule has 0 unspecified atom stereocenters. The number of nitrogens with zero attached hydrogens (tertiary/aromatic N) is 1. The molecule has 15 heavy (non-hydrogen) atoms. The summed E-state index contributed by atoms with van der Waals surface area (Å²) in [4.78, 5) is 2.35. The molecule has 0 saturated carbocycles. The van der Waals surface area contributed by atoms with Gasteiger partial charge in [-0.1, -0.05) is 26.0 Å². The average Bonchev–Trinajstić information content (AvgIpc) is 2.30. The van der Waals surface area contributed by atoms with E-state index in [0.717, 1.165) is 0 Å². The van der Waals surface area contributed by atoms with Crippen LogP contribution in [0.25, 0.3) is 0 Å². The summed E-state index contributed by atoms with van der Waals surface area (Å²) in [7, 11) is 2.16. The molecule has 1 rings (SSSR count). The van der Waals surface area contributed by atoms with Gasteiger partial charge in [-0.3, -0.25) is 0 Å². The van der Waals surface area contributed by atoms with E-state index in [2.05, 4.69) is 50.1 Å². The molecule has 1 aromatic rings. The largest absolute Gasteiger partial charge is 0.372 e. The van der Waals surface area contributed by atoms with Gasteiger partial charge in [-0.25, -0.2) is 0 Å². The summed E-state index contributed by atoms with van der Waals surface area (Å²) in [6.07, 6.45) is 2.36. The normalized spacial score (nSPS) is 10.7. The second kappa shape index (κ2) is 5.76. The molecule has 0 saturated heterocycles. The molecule has 2 nitrogen and oxygen atoms in total. The summed E-state index contributed by atoms with van der Waals surface area (Å²) in [5.74, 6) is 0. The van der Waals surface area contributed by atoms with Crippen LogP contribution in [0.1, 0.15) is 32.3 Å². The third-order valence-corrected chi connectivity index (χ3v) is 3.04. The lowest BCUT2D eigenvalue weighted by molar-refractivity contribution is 0.591. The predicted molar refractivity (Wildman–Crippen MR) is 67.1 cm³/mol. The summed E-state index contributed by atoms with van der Waals surface area (Å²) in [5, 5.41) is 0. The highest BCUT2D eigenvalue weighted by Gasteiger charge is 2.10. The first-order chi connectivity index (χ1) is 7.22. The summed E-state index contributed by atoms with van der Waals surface area (Å²) >= 11 is 0. The molecular formula is C13H22N2. The first kappa shape index (κ1) is 12.1. The minimum atomic E-state index is 0.616. The predicted octanol–water partition coefficient (Wildman–Crippen LogP) is 2.77. The molecule has 84 valence electrons. The highest BCUT2D eigenvalue weighted by Crippen LogP contribution is 2.19. The zero-order chi connectivity index (χ0) is 11.3. The average molecular weight is 206 g/mol. The Kier molecular flexibility index (Phi) is 4.63. The molecule has 0 radical (unpaired) electrons. The molecule has 0 aliphatic rings. The zero-order valence-corrected chi connectivity index (χ0v) is 10.0. The topological polar surface area (TPSA) is 29.3 Å². The van der Waals surface area contributed by atoms with Crippen molar-refractivity contribution in [3.63, 3.8) is 0 Å². The van der Waals surface area contributed by atoms with Crippen LogP contribution in [0.15, 0.2) is 24.3 Å². The van der Waals surface area contributed by atoms with Crippen molar-refractivity contribution in [2.75, 3.05) is 11.9 Å². The van der Waals surface area contributed by atoms with Crippen LogP contribution >= 0.6 is 0 Å². The lowest BCUT2D eigenvalue weighted by Crippen LogP contribution is -2.30. The Morgan fingerprint density at radius 3 is 2.47 bits per heavy atom. The van der Waals surface area contributed by atoms with Gasteiger partial charge in [0, 0.05) is 25.3 Å². The standard InChI is InChI=1S/C13H22N2/c1-4-12(5-2)15(3)13-8-6-7-11(9-13)10-14/h6-9,12H,4-5,10,14H2,1-3H3. The molecule has 0 bridgehead atoms. The van der Waals surface area contributed by atoms with Crippen LogP contribution in [0.4, 0.5) is 5.69 Å². The maximum absolute atomic E-state index is 5.64. The Hall–Kier alpha value is -1.02. The number of anilines is 1. The Morgan fingerprint density at radius 2 is 1.93 bits per heavy atom. The number of hydrogen-bond donors (Lipinski definition) is 1. The van der Waals surface area contributed by atoms with Gasteiger partial charge in [-0.2, -0.15) is 0 Å². The van der Waals surface area contributed by atoms with Crippen molar-refractivity contribution in [3.8, 4) is 0 Å². The van der Waals surface area contributed by atoms with E-state index in [1.165, 1.54) is 24.1 Å². The monoisotopic (exact) mass is 206 g/mol. The smallest absolute Gasteiger partial charge is 0.0369 e. The van der Waals surface area contributed by atoms with Gasteiger partial charge in [0.1, 0.15) is 0 Å². The molecule has 0 amide bonds. The van der Waals surface area contributed by atoms with Crippen LogP contribution in [0, 0.1) is 0 Å². The maximum Gasteiger partial charge on any atom is 0.0369 e. The van der Waals surface area contributed by atoms with E-state index in [4.69, 9.17) is 5.73 Å². The van der Waals surface area contributed by atoms with Gasteiger partial charge in [0.05, 0.1) is 0 Å². The van der Waals surface area contributed by atoms with E-state index in [0.29, 0.717) is 12.6 Å². The highest BCUT2D eigenvalue weighted by molar-refractivity contribution is 5.48. The lowest BCUT2D eigenvalue weighted by Gasteiger charge is -2.28. The molecule has 0 aliphatic heterocycles. The molecule has 2 heteroatoms. The maximum atomic E-state index is 5.64. The fourth-order valence-corrected chi connectivity index (χ4v) is 1.95. The van der Waals surface area contributed by atoms with Crippen LogP contribution in [0.2, 0.25) is 0 Å². The molecule has 0 spiro atoms. The van der Waals surface area contributed by atoms with Crippen molar-refractivity contribution >= 4 is 5.69 Å². The van der Waals surface area contributed by atoms with Crippen LogP contribution in [0.3, 0.4) is 0 Å². The van der Waals surface area contributed by atoms with Crippen molar-refractivity contribution in [1.82, 2.24) is 0 Å². The molecule has 0 heterocycles. The highest BCUT2D eigenvalue weighted by atomic mass is 15.1. The summed E-state index contributed by atoms with van der Waals surface area (Å²) in [6, 6.07) is 9.11. The zero-order valence-electron chi connectivity index (χ0n) is 10.0. The number of nitrogens with two attached hydrogens (primary N) is 1. The summed E-state index contributed by atoms with van der Waals surface area (Å²) in [5.41, 5.74) is 8.11. The van der Waals surface area contributed by atoms with Crippen LogP contribution < -0.4 is 10.6 Å². The van der Waals surface area contributed by atoms with E-state index in [9.17, 15) is 0 Å². The third-order valence-electron chi connectivity index (χ3n) is 3.04. The van der Waals surface area contributed by atoms with E-state index in [1.807, 2.05) is 0 Å². The van der Waals surface area contributed by atoms with Gasteiger partial charge in [0.2, 0.25) is 0 Å². The van der Waals surface area contributed by atoms with Crippen molar-refractivity contribution < 1.29 is 0 Å². The SMILES string of the molecule is CCC(CC)N(C)c1cccc(CN)c1. The van der Waals surface area contributed by atoms with Gasteiger partial charge in [-0.05, 0) is 30.5 Å². The van der Waals surface area contributed by atoms with Gasteiger partial charge < -0.3 is 10.6 Å².